The number of nitrogens with one attached hydrogen (secondary N) is 2. The summed E-state index contributed by atoms with van der Waals surface area (Å²) in [5, 5.41) is 5.14. The van der Waals surface area contributed by atoms with Crippen LogP contribution in [0.4, 0.5) is 35.0 Å². The summed E-state index contributed by atoms with van der Waals surface area (Å²) in [6, 6.07) is 11.4. The van der Waals surface area contributed by atoms with Gasteiger partial charge in [0.05, 0.1) is 30.2 Å². The Hall–Kier alpha value is -2.74. The van der Waals surface area contributed by atoms with E-state index in [1.165, 1.54) is 6.07 Å². The highest BCUT2D eigenvalue weighted by Crippen LogP contribution is 2.35. The number of benzene rings is 2. The lowest BCUT2D eigenvalue weighted by Crippen LogP contribution is -2.37. The molecule has 0 unspecified atom stereocenters. The smallest absolute Gasteiger partial charge is 0.378 e. The number of para-hydroxylation sites is 1. The van der Waals surface area contributed by atoms with Gasteiger partial charge >= 0.3 is 12.2 Å². The van der Waals surface area contributed by atoms with E-state index in [0.29, 0.717) is 37.7 Å². The molecule has 0 atom stereocenters. The van der Waals surface area contributed by atoms with E-state index in [4.69, 9.17) is 4.74 Å². The maximum absolute atomic E-state index is 13.1. The molecular weight excluding hydrogens is 347 g/mol. The lowest BCUT2D eigenvalue weighted by molar-refractivity contribution is -0.137. The van der Waals surface area contributed by atoms with Crippen molar-refractivity contribution in [3.05, 3.63) is 54.1 Å². The predicted octanol–water partition coefficient (Wildman–Crippen LogP) is 4.19. The quantitative estimate of drug-likeness (QED) is 0.858. The molecule has 2 aromatic carbocycles. The molecule has 0 bridgehead atoms. The first-order valence-electron chi connectivity index (χ1n) is 8.10. The van der Waals surface area contributed by atoms with Crippen LogP contribution in [0.1, 0.15) is 5.56 Å². The maximum atomic E-state index is 13.1. The molecule has 0 spiro atoms. The van der Waals surface area contributed by atoms with Gasteiger partial charge in [0.15, 0.2) is 0 Å². The zero-order valence-electron chi connectivity index (χ0n) is 13.8. The first kappa shape index (κ1) is 18.1. The standard InChI is InChI=1S/C18H18F3N3O2/c19-18(20,21)13-6-7-16(24-8-10-26-11-9-24)15(12-13)23-17(25)22-14-4-2-1-3-5-14/h1-7,12H,8-11H2,(H2,22,23,25). The van der Waals surface area contributed by atoms with Gasteiger partial charge in [-0.05, 0) is 30.3 Å². The summed E-state index contributed by atoms with van der Waals surface area (Å²) in [6.45, 7) is 2.05. The molecular formula is C18H18F3N3O2. The SMILES string of the molecule is O=C(Nc1ccccc1)Nc1cc(C(F)(F)F)ccc1N1CCOCC1. The summed E-state index contributed by atoms with van der Waals surface area (Å²) in [4.78, 5) is 14.1. The molecule has 0 aliphatic carbocycles. The van der Waals surface area contributed by atoms with Crippen molar-refractivity contribution < 1.29 is 22.7 Å². The fourth-order valence-corrected chi connectivity index (χ4v) is 2.70. The number of nitrogens with zero attached hydrogens (tertiary/aromatic N) is 1. The topological polar surface area (TPSA) is 53.6 Å². The third-order valence-corrected chi connectivity index (χ3v) is 3.96. The van der Waals surface area contributed by atoms with Crippen LogP contribution in [0.15, 0.2) is 48.5 Å². The van der Waals surface area contributed by atoms with Gasteiger partial charge in [0.25, 0.3) is 0 Å². The molecule has 2 N–H and O–H groups in total. The molecule has 3 rings (SSSR count). The molecule has 138 valence electrons. The Morgan fingerprint density at radius 1 is 1.00 bits per heavy atom. The van der Waals surface area contributed by atoms with Gasteiger partial charge in [-0.25, -0.2) is 4.79 Å². The van der Waals surface area contributed by atoms with Crippen molar-refractivity contribution in [2.45, 2.75) is 6.18 Å². The van der Waals surface area contributed by atoms with Crippen molar-refractivity contribution >= 4 is 23.1 Å². The van der Waals surface area contributed by atoms with Gasteiger partial charge in [0, 0.05) is 18.8 Å². The predicted molar refractivity (Wildman–Crippen MR) is 93.6 cm³/mol. The van der Waals surface area contributed by atoms with Gasteiger partial charge in [-0.15, -0.1) is 0 Å². The van der Waals surface area contributed by atoms with Gasteiger partial charge in [0.2, 0.25) is 0 Å². The van der Waals surface area contributed by atoms with E-state index in [0.717, 1.165) is 12.1 Å². The van der Waals surface area contributed by atoms with Gasteiger partial charge in [-0.1, -0.05) is 18.2 Å². The number of hydrogen-bond acceptors (Lipinski definition) is 3. The highest BCUT2D eigenvalue weighted by Gasteiger charge is 2.31. The normalized spacial score (nSPS) is 14.8. The molecule has 26 heavy (non-hydrogen) atoms. The minimum atomic E-state index is -4.49. The highest BCUT2D eigenvalue weighted by atomic mass is 19.4. The summed E-state index contributed by atoms with van der Waals surface area (Å²) in [6.07, 6.45) is -4.49. The van der Waals surface area contributed by atoms with E-state index >= 15 is 0 Å². The fourth-order valence-electron chi connectivity index (χ4n) is 2.70. The van der Waals surface area contributed by atoms with Crippen LogP contribution < -0.4 is 15.5 Å². The molecule has 5 nitrogen and oxygen atoms in total. The zero-order valence-corrected chi connectivity index (χ0v) is 13.8. The summed E-state index contributed by atoms with van der Waals surface area (Å²) in [5.41, 5.74) is 0.370. The average Bonchev–Trinajstić information content (AvgIpc) is 2.62. The molecule has 0 radical (unpaired) electrons. The number of alkyl halides is 3. The number of amides is 2. The summed E-state index contributed by atoms with van der Waals surface area (Å²) >= 11 is 0. The van der Waals surface area contributed by atoms with Crippen LogP contribution in [0.2, 0.25) is 0 Å². The Labute approximate surface area is 148 Å². The molecule has 1 fully saturated rings. The number of ether oxygens (including phenoxy) is 1. The van der Waals surface area contributed by atoms with Gasteiger partial charge in [-0.3, -0.25) is 0 Å². The molecule has 2 aromatic rings. The number of carbonyl (C=O) groups excluding carboxylic acids is 1. The Bertz CT molecular complexity index is 760. The van der Waals surface area contributed by atoms with E-state index < -0.39 is 17.8 Å². The first-order valence-corrected chi connectivity index (χ1v) is 8.10. The monoisotopic (exact) mass is 365 g/mol. The van der Waals surface area contributed by atoms with Crippen LogP contribution in [-0.4, -0.2) is 32.3 Å². The molecule has 1 aliphatic rings. The number of rotatable bonds is 3. The van der Waals surface area contributed by atoms with Crippen LogP contribution in [0.5, 0.6) is 0 Å². The zero-order chi connectivity index (χ0) is 18.6. The Morgan fingerprint density at radius 3 is 2.35 bits per heavy atom. The molecule has 2 amide bonds. The fraction of sp³-hybridized carbons (Fsp3) is 0.278. The average molecular weight is 365 g/mol. The van der Waals surface area contributed by atoms with E-state index in [9.17, 15) is 18.0 Å². The van der Waals surface area contributed by atoms with Crippen LogP contribution in [0.3, 0.4) is 0 Å². The molecule has 0 saturated carbocycles. The van der Waals surface area contributed by atoms with E-state index in [1.54, 1.807) is 30.3 Å². The molecule has 1 heterocycles. The van der Waals surface area contributed by atoms with Gasteiger partial charge in [0.1, 0.15) is 0 Å². The second kappa shape index (κ2) is 7.65. The van der Waals surface area contributed by atoms with E-state index in [-0.39, 0.29) is 5.69 Å². The van der Waals surface area contributed by atoms with Gasteiger partial charge < -0.3 is 20.3 Å². The van der Waals surface area contributed by atoms with Gasteiger partial charge in [-0.2, -0.15) is 13.2 Å². The van der Waals surface area contributed by atoms with Crippen molar-refractivity contribution in [1.82, 2.24) is 0 Å². The highest BCUT2D eigenvalue weighted by molar-refractivity contribution is 6.02. The largest absolute Gasteiger partial charge is 0.416 e. The van der Waals surface area contributed by atoms with Crippen LogP contribution in [0, 0.1) is 0 Å². The number of carbonyl (C=O) groups is 1. The summed E-state index contributed by atoms with van der Waals surface area (Å²) in [7, 11) is 0. The van der Waals surface area contributed by atoms with Crippen LogP contribution in [0.25, 0.3) is 0 Å². The summed E-state index contributed by atoms with van der Waals surface area (Å²) < 4.78 is 44.5. The van der Waals surface area contributed by atoms with Crippen molar-refractivity contribution in [3.8, 4) is 0 Å². The Kier molecular flexibility index (Phi) is 5.32. The van der Waals surface area contributed by atoms with Crippen molar-refractivity contribution in [1.29, 1.82) is 0 Å². The van der Waals surface area contributed by atoms with Crippen LogP contribution >= 0.6 is 0 Å². The minimum absolute atomic E-state index is 0.107. The van der Waals surface area contributed by atoms with Crippen LogP contribution in [-0.2, 0) is 10.9 Å². The number of morpholine rings is 1. The number of halogens is 3. The number of urea groups is 1. The Balaban J connectivity index is 1.85. The minimum Gasteiger partial charge on any atom is -0.378 e. The molecule has 1 aliphatic heterocycles. The molecule has 1 saturated heterocycles. The second-order valence-electron chi connectivity index (χ2n) is 5.77. The second-order valence-corrected chi connectivity index (χ2v) is 5.77. The van der Waals surface area contributed by atoms with Crippen molar-refractivity contribution in [2.75, 3.05) is 41.8 Å². The Morgan fingerprint density at radius 2 is 1.69 bits per heavy atom. The third-order valence-electron chi connectivity index (χ3n) is 3.96. The number of hydrogen-bond donors (Lipinski definition) is 2. The lowest BCUT2D eigenvalue weighted by atomic mass is 10.1. The van der Waals surface area contributed by atoms with Crippen molar-refractivity contribution in [3.63, 3.8) is 0 Å². The lowest BCUT2D eigenvalue weighted by Gasteiger charge is -2.31. The third kappa shape index (κ3) is 4.45. The number of anilines is 3. The molecule has 0 aromatic heterocycles. The summed E-state index contributed by atoms with van der Waals surface area (Å²) in [5.74, 6) is 0. The van der Waals surface area contributed by atoms with E-state index in [1.807, 2.05) is 4.90 Å². The maximum Gasteiger partial charge on any atom is 0.416 e. The molecule has 8 heteroatoms. The van der Waals surface area contributed by atoms with Crippen molar-refractivity contribution in [2.24, 2.45) is 0 Å². The van der Waals surface area contributed by atoms with E-state index in [2.05, 4.69) is 10.6 Å². The first-order chi connectivity index (χ1) is 12.4.